The van der Waals surface area contributed by atoms with E-state index in [0.717, 1.165) is 30.3 Å². The molecule has 0 unspecified atom stereocenters. The Morgan fingerprint density at radius 1 is 1.10 bits per heavy atom. The smallest absolute Gasteiger partial charge is 0.256 e. The lowest BCUT2D eigenvalue weighted by molar-refractivity contribution is 0.102. The summed E-state index contributed by atoms with van der Waals surface area (Å²) in [5, 5.41) is 8.01. The molecule has 31 heavy (non-hydrogen) atoms. The second kappa shape index (κ2) is 8.39. The van der Waals surface area contributed by atoms with Crippen LogP contribution in [-0.4, -0.2) is 46.5 Å². The van der Waals surface area contributed by atoms with Crippen LogP contribution in [0.2, 0.25) is 0 Å². The number of aryl methyl sites for hydroxylation is 1. The molecular weight excluding hydrogens is 414 g/mol. The number of carbonyl (C=O) groups is 1. The Morgan fingerprint density at radius 3 is 2.55 bits per heavy atom. The highest BCUT2D eigenvalue weighted by Gasteiger charge is 2.27. The molecule has 1 fully saturated rings. The summed E-state index contributed by atoms with van der Waals surface area (Å²) in [6, 6.07) is 6.72. The predicted molar refractivity (Wildman–Crippen MR) is 120 cm³/mol. The van der Waals surface area contributed by atoms with Crippen LogP contribution < -0.4 is 5.32 Å². The van der Waals surface area contributed by atoms with E-state index in [1.165, 1.54) is 10.4 Å². The number of rotatable bonds is 5. The lowest BCUT2D eigenvalue weighted by Crippen LogP contribution is -2.35. The van der Waals surface area contributed by atoms with Crippen LogP contribution in [0, 0.1) is 6.92 Å². The minimum atomic E-state index is -3.61. The fourth-order valence-corrected chi connectivity index (χ4v) is 5.39. The number of aromatic nitrogens is 3. The van der Waals surface area contributed by atoms with Crippen molar-refractivity contribution >= 4 is 32.7 Å². The zero-order valence-corrected chi connectivity index (χ0v) is 18.8. The van der Waals surface area contributed by atoms with Crippen LogP contribution in [0.25, 0.3) is 11.0 Å². The van der Waals surface area contributed by atoms with Gasteiger partial charge in [-0.05, 0) is 57.4 Å². The van der Waals surface area contributed by atoms with Crippen LogP contribution in [0.5, 0.6) is 0 Å². The molecule has 4 rings (SSSR count). The minimum absolute atomic E-state index is 0.150. The monoisotopic (exact) mass is 441 g/mol. The van der Waals surface area contributed by atoms with Gasteiger partial charge in [0.15, 0.2) is 5.65 Å². The summed E-state index contributed by atoms with van der Waals surface area (Å²) >= 11 is 0. The summed E-state index contributed by atoms with van der Waals surface area (Å²) in [5.41, 5.74) is 2.32. The van der Waals surface area contributed by atoms with Crippen molar-refractivity contribution in [2.24, 2.45) is 0 Å². The van der Waals surface area contributed by atoms with E-state index in [0.29, 0.717) is 29.9 Å². The summed E-state index contributed by atoms with van der Waals surface area (Å²) in [6.07, 6.45) is 6.07. The molecular formula is C22H27N5O3S. The molecule has 1 aromatic carbocycles. The van der Waals surface area contributed by atoms with Crippen molar-refractivity contribution in [2.45, 2.75) is 51.0 Å². The van der Waals surface area contributed by atoms with Crippen LogP contribution in [0.1, 0.15) is 55.1 Å². The van der Waals surface area contributed by atoms with Gasteiger partial charge in [0.05, 0.1) is 23.0 Å². The molecule has 0 bridgehead atoms. The first-order valence-corrected chi connectivity index (χ1v) is 12.0. The van der Waals surface area contributed by atoms with Gasteiger partial charge >= 0.3 is 0 Å². The first kappa shape index (κ1) is 21.5. The third-order valence-electron chi connectivity index (χ3n) is 5.59. The molecule has 8 nitrogen and oxygen atoms in total. The highest BCUT2D eigenvalue weighted by atomic mass is 32.2. The molecule has 2 aromatic heterocycles. The molecule has 0 radical (unpaired) electrons. The number of fused-ring (bicyclic) bond motifs is 1. The van der Waals surface area contributed by atoms with Gasteiger partial charge in [-0.1, -0.05) is 12.5 Å². The standard InChI is InChI=1S/C22H27N5O3S/c1-15(2)27-21-17(13-24-27)11-18(14-23-21)25-22(28)20-12-19(8-7-16(20)3)31(29,30)26-9-5-4-6-10-26/h7-8,11-15H,4-6,9-10H2,1-3H3,(H,25,28). The normalized spacial score (nSPS) is 15.5. The van der Waals surface area contributed by atoms with Crippen molar-refractivity contribution in [2.75, 3.05) is 18.4 Å². The molecule has 164 valence electrons. The van der Waals surface area contributed by atoms with Gasteiger partial charge in [-0.2, -0.15) is 9.40 Å². The van der Waals surface area contributed by atoms with Gasteiger partial charge in [-0.3, -0.25) is 4.79 Å². The molecule has 1 N–H and O–H groups in total. The molecule has 1 saturated heterocycles. The number of piperidine rings is 1. The lowest BCUT2D eigenvalue weighted by Gasteiger charge is -2.26. The summed E-state index contributed by atoms with van der Waals surface area (Å²) < 4.78 is 29.3. The van der Waals surface area contributed by atoms with E-state index in [9.17, 15) is 13.2 Å². The lowest BCUT2D eigenvalue weighted by atomic mass is 10.1. The van der Waals surface area contributed by atoms with Crippen molar-refractivity contribution in [3.05, 3.63) is 47.8 Å². The third kappa shape index (κ3) is 4.20. The average Bonchev–Trinajstić information content (AvgIpc) is 3.18. The van der Waals surface area contributed by atoms with E-state index < -0.39 is 10.0 Å². The van der Waals surface area contributed by atoms with Crippen LogP contribution in [0.4, 0.5) is 5.69 Å². The highest BCUT2D eigenvalue weighted by Crippen LogP contribution is 2.24. The number of anilines is 1. The van der Waals surface area contributed by atoms with Crippen molar-refractivity contribution < 1.29 is 13.2 Å². The van der Waals surface area contributed by atoms with Gasteiger partial charge in [-0.15, -0.1) is 0 Å². The van der Waals surface area contributed by atoms with E-state index in [1.54, 1.807) is 31.5 Å². The molecule has 0 spiro atoms. The van der Waals surface area contributed by atoms with E-state index in [2.05, 4.69) is 15.4 Å². The molecule has 1 amide bonds. The molecule has 9 heteroatoms. The number of sulfonamides is 1. The van der Waals surface area contributed by atoms with Gasteiger partial charge in [-0.25, -0.2) is 18.1 Å². The zero-order chi connectivity index (χ0) is 22.2. The number of nitrogens with zero attached hydrogens (tertiary/aromatic N) is 4. The molecule has 3 aromatic rings. The van der Waals surface area contributed by atoms with Crippen LogP contribution in [0.3, 0.4) is 0 Å². The summed E-state index contributed by atoms with van der Waals surface area (Å²) in [7, 11) is -3.61. The van der Waals surface area contributed by atoms with E-state index in [4.69, 9.17) is 0 Å². The minimum Gasteiger partial charge on any atom is -0.321 e. The Hall–Kier alpha value is -2.78. The molecule has 1 aliphatic heterocycles. The number of hydrogen-bond donors (Lipinski definition) is 1. The molecule has 0 aliphatic carbocycles. The second-order valence-corrected chi connectivity index (χ2v) is 10.2. The first-order valence-electron chi connectivity index (χ1n) is 10.5. The molecule has 0 atom stereocenters. The summed E-state index contributed by atoms with van der Waals surface area (Å²) in [4.78, 5) is 17.6. The molecule has 3 heterocycles. The number of benzene rings is 1. The van der Waals surface area contributed by atoms with Crippen molar-refractivity contribution in [3.8, 4) is 0 Å². The Kier molecular flexibility index (Phi) is 5.81. The fourth-order valence-electron chi connectivity index (χ4n) is 3.85. The van der Waals surface area contributed by atoms with E-state index >= 15 is 0 Å². The van der Waals surface area contributed by atoms with E-state index in [-0.39, 0.29) is 16.8 Å². The predicted octanol–water partition coefficient (Wildman–Crippen LogP) is 3.75. The van der Waals surface area contributed by atoms with Crippen LogP contribution in [0.15, 0.2) is 41.6 Å². The van der Waals surface area contributed by atoms with Crippen molar-refractivity contribution in [3.63, 3.8) is 0 Å². The van der Waals surface area contributed by atoms with Crippen molar-refractivity contribution in [1.29, 1.82) is 0 Å². The average molecular weight is 442 g/mol. The SMILES string of the molecule is Cc1ccc(S(=O)(=O)N2CCCCC2)cc1C(=O)Nc1cnc2c(cnn2C(C)C)c1. The maximum atomic E-state index is 13.0. The van der Waals surface area contributed by atoms with Crippen LogP contribution in [-0.2, 0) is 10.0 Å². The summed E-state index contributed by atoms with van der Waals surface area (Å²) in [6.45, 7) is 6.89. The first-order chi connectivity index (χ1) is 14.8. The number of carbonyl (C=O) groups excluding carboxylic acids is 1. The van der Waals surface area contributed by atoms with Gasteiger partial charge < -0.3 is 5.32 Å². The second-order valence-electron chi connectivity index (χ2n) is 8.22. The number of nitrogens with one attached hydrogen (secondary N) is 1. The number of pyridine rings is 1. The molecule has 1 aliphatic rings. The maximum absolute atomic E-state index is 13.0. The van der Waals surface area contributed by atoms with Crippen LogP contribution >= 0.6 is 0 Å². The summed E-state index contributed by atoms with van der Waals surface area (Å²) in [5.74, 6) is -0.370. The quantitative estimate of drug-likeness (QED) is 0.650. The topological polar surface area (TPSA) is 97.2 Å². The van der Waals surface area contributed by atoms with Gasteiger partial charge in [0.2, 0.25) is 10.0 Å². The van der Waals surface area contributed by atoms with Gasteiger partial charge in [0, 0.05) is 30.1 Å². The van der Waals surface area contributed by atoms with E-state index in [1.807, 2.05) is 24.6 Å². The maximum Gasteiger partial charge on any atom is 0.256 e. The Labute approximate surface area is 182 Å². The largest absolute Gasteiger partial charge is 0.321 e. The Balaban J connectivity index is 1.60. The fraction of sp³-hybridized carbons (Fsp3) is 0.409. The zero-order valence-electron chi connectivity index (χ0n) is 18.0. The Morgan fingerprint density at radius 2 is 1.84 bits per heavy atom. The van der Waals surface area contributed by atoms with Crippen molar-refractivity contribution in [1.82, 2.24) is 19.1 Å². The Bertz CT molecular complexity index is 1230. The molecule has 0 saturated carbocycles. The number of amides is 1. The number of hydrogen-bond acceptors (Lipinski definition) is 5. The highest BCUT2D eigenvalue weighted by molar-refractivity contribution is 7.89. The van der Waals surface area contributed by atoms with Gasteiger partial charge in [0.25, 0.3) is 5.91 Å². The third-order valence-corrected chi connectivity index (χ3v) is 7.48. The van der Waals surface area contributed by atoms with Gasteiger partial charge in [0.1, 0.15) is 0 Å².